The van der Waals surface area contributed by atoms with E-state index in [1.54, 1.807) is 12.3 Å². The molecule has 20 heavy (non-hydrogen) atoms. The standard InChI is InChI=1S/C15H16ClN3O/c1-19(10-11-5-3-2-4-6-11)13-8-14(16)18-9-12(13)7-15(17)20/h2-6,8-9H,7,10H2,1H3,(H2,17,20). The predicted octanol–water partition coefficient (Wildman–Crippen LogP) is 2.40. The lowest BCUT2D eigenvalue weighted by Crippen LogP contribution is -2.21. The zero-order valence-electron chi connectivity index (χ0n) is 11.2. The number of benzene rings is 1. The average Bonchev–Trinajstić information content (AvgIpc) is 2.41. The Hall–Kier alpha value is -2.07. The summed E-state index contributed by atoms with van der Waals surface area (Å²) in [6.07, 6.45) is 1.75. The van der Waals surface area contributed by atoms with Gasteiger partial charge in [-0.2, -0.15) is 0 Å². The maximum absolute atomic E-state index is 11.1. The summed E-state index contributed by atoms with van der Waals surface area (Å²) in [6.45, 7) is 0.715. The van der Waals surface area contributed by atoms with E-state index in [9.17, 15) is 4.79 Å². The Balaban J connectivity index is 2.25. The Morgan fingerprint density at radius 2 is 2.05 bits per heavy atom. The van der Waals surface area contributed by atoms with Gasteiger partial charge in [-0.15, -0.1) is 0 Å². The SMILES string of the molecule is CN(Cc1ccccc1)c1cc(Cl)ncc1CC(N)=O. The topological polar surface area (TPSA) is 59.2 Å². The number of nitrogens with two attached hydrogens (primary N) is 1. The monoisotopic (exact) mass is 289 g/mol. The Labute approximate surface area is 123 Å². The number of hydrogen-bond donors (Lipinski definition) is 1. The quantitative estimate of drug-likeness (QED) is 0.860. The predicted molar refractivity (Wildman–Crippen MR) is 80.7 cm³/mol. The summed E-state index contributed by atoms with van der Waals surface area (Å²) in [4.78, 5) is 17.2. The van der Waals surface area contributed by atoms with E-state index in [-0.39, 0.29) is 12.3 Å². The second-order valence-electron chi connectivity index (χ2n) is 4.62. The van der Waals surface area contributed by atoms with Crippen LogP contribution in [0.4, 0.5) is 5.69 Å². The molecule has 2 rings (SSSR count). The molecule has 0 unspecified atom stereocenters. The van der Waals surface area contributed by atoms with Gasteiger partial charge in [-0.05, 0) is 11.6 Å². The first-order valence-electron chi connectivity index (χ1n) is 6.24. The lowest BCUT2D eigenvalue weighted by Gasteiger charge is -2.22. The molecule has 1 heterocycles. The summed E-state index contributed by atoms with van der Waals surface area (Å²) in [5.74, 6) is -0.386. The lowest BCUT2D eigenvalue weighted by atomic mass is 10.1. The molecule has 0 spiro atoms. The van der Waals surface area contributed by atoms with Gasteiger partial charge in [0, 0.05) is 31.0 Å². The molecule has 0 bridgehead atoms. The Bertz CT molecular complexity index is 601. The summed E-state index contributed by atoms with van der Waals surface area (Å²) in [5, 5.41) is 0.396. The van der Waals surface area contributed by atoms with Crippen molar-refractivity contribution in [1.29, 1.82) is 0 Å². The van der Waals surface area contributed by atoms with Crippen molar-refractivity contribution in [3.63, 3.8) is 0 Å². The number of amides is 1. The number of carbonyl (C=O) groups is 1. The van der Waals surface area contributed by atoms with Gasteiger partial charge in [0.1, 0.15) is 5.15 Å². The van der Waals surface area contributed by atoms with Crippen molar-refractivity contribution in [2.24, 2.45) is 5.73 Å². The van der Waals surface area contributed by atoms with Gasteiger partial charge in [-0.25, -0.2) is 4.98 Å². The van der Waals surface area contributed by atoms with Crippen LogP contribution in [-0.4, -0.2) is 17.9 Å². The highest BCUT2D eigenvalue weighted by molar-refractivity contribution is 6.29. The highest BCUT2D eigenvalue weighted by atomic mass is 35.5. The van der Waals surface area contributed by atoms with E-state index < -0.39 is 0 Å². The first-order valence-corrected chi connectivity index (χ1v) is 6.62. The summed E-state index contributed by atoms with van der Waals surface area (Å²) in [6, 6.07) is 11.8. The van der Waals surface area contributed by atoms with Gasteiger partial charge in [0.2, 0.25) is 5.91 Å². The zero-order valence-corrected chi connectivity index (χ0v) is 12.0. The van der Waals surface area contributed by atoms with E-state index in [1.807, 2.05) is 42.3 Å². The minimum Gasteiger partial charge on any atom is -0.370 e. The smallest absolute Gasteiger partial charge is 0.221 e. The summed E-state index contributed by atoms with van der Waals surface area (Å²) < 4.78 is 0. The second kappa shape index (κ2) is 6.39. The zero-order chi connectivity index (χ0) is 14.5. The highest BCUT2D eigenvalue weighted by Gasteiger charge is 2.11. The number of nitrogens with zero attached hydrogens (tertiary/aromatic N) is 2. The van der Waals surface area contributed by atoms with Crippen LogP contribution in [0.2, 0.25) is 5.15 Å². The summed E-state index contributed by atoms with van der Waals surface area (Å²) >= 11 is 5.95. The largest absolute Gasteiger partial charge is 0.370 e. The van der Waals surface area contributed by atoms with Crippen molar-refractivity contribution < 1.29 is 4.79 Å². The molecule has 0 radical (unpaired) electrons. The van der Waals surface area contributed by atoms with Crippen LogP contribution in [0.25, 0.3) is 0 Å². The Morgan fingerprint density at radius 1 is 1.35 bits per heavy atom. The third-order valence-corrected chi connectivity index (χ3v) is 3.17. The average molecular weight is 290 g/mol. The molecular weight excluding hydrogens is 274 g/mol. The number of hydrogen-bond acceptors (Lipinski definition) is 3. The van der Waals surface area contributed by atoms with E-state index in [4.69, 9.17) is 17.3 Å². The van der Waals surface area contributed by atoms with Crippen molar-refractivity contribution in [1.82, 2.24) is 4.98 Å². The molecule has 0 saturated carbocycles. The number of halogens is 1. The fraction of sp³-hybridized carbons (Fsp3) is 0.200. The fourth-order valence-corrected chi connectivity index (χ4v) is 2.22. The minimum absolute atomic E-state index is 0.151. The highest BCUT2D eigenvalue weighted by Crippen LogP contribution is 2.24. The van der Waals surface area contributed by atoms with Crippen molar-refractivity contribution in [3.05, 3.63) is 58.9 Å². The normalized spacial score (nSPS) is 10.3. The Morgan fingerprint density at radius 3 is 2.70 bits per heavy atom. The van der Waals surface area contributed by atoms with Gasteiger partial charge >= 0.3 is 0 Å². The summed E-state index contributed by atoms with van der Waals surface area (Å²) in [5.41, 5.74) is 8.09. The van der Waals surface area contributed by atoms with E-state index in [2.05, 4.69) is 4.98 Å². The van der Waals surface area contributed by atoms with Gasteiger partial charge < -0.3 is 10.6 Å². The maximum Gasteiger partial charge on any atom is 0.221 e. The van der Waals surface area contributed by atoms with E-state index in [0.717, 1.165) is 11.3 Å². The molecule has 2 N–H and O–H groups in total. The van der Waals surface area contributed by atoms with Crippen LogP contribution in [0.15, 0.2) is 42.6 Å². The number of carbonyl (C=O) groups excluding carboxylic acids is 1. The van der Waals surface area contributed by atoms with Crippen LogP contribution >= 0.6 is 11.6 Å². The van der Waals surface area contributed by atoms with Gasteiger partial charge in [0.05, 0.1) is 6.42 Å². The van der Waals surface area contributed by atoms with Crippen LogP contribution in [0, 0.1) is 0 Å². The van der Waals surface area contributed by atoms with E-state index >= 15 is 0 Å². The Kier molecular flexibility index (Phi) is 4.58. The molecule has 2 aromatic rings. The van der Waals surface area contributed by atoms with Crippen LogP contribution in [-0.2, 0) is 17.8 Å². The van der Waals surface area contributed by atoms with E-state index in [0.29, 0.717) is 11.7 Å². The van der Waals surface area contributed by atoms with Gasteiger partial charge in [-0.3, -0.25) is 4.79 Å². The molecule has 0 aliphatic heterocycles. The second-order valence-corrected chi connectivity index (χ2v) is 5.01. The fourth-order valence-electron chi connectivity index (χ4n) is 2.07. The molecule has 0 saturated heterocycles. The first-order chi connectivity index (χ1) is 9.56. The van der Waals surface area contributed by atoms with Crippen LogP contribution in [0.5, 0.6) is 0 Å². The number of pyridine rings is 1. The van der Waals surface area contributed by atoms with Crippen LogP contribution in [0.1, 0.15) is 11.1 Å². The van der Waals surface area contributed by atoms with Crippen molar-refractivity contribution >= 4 is 23.2 Å². The molecule has 104 valence electrons. The van der Waals surface area contributed by atoms with E-state index in [1.165, 1.54) is 5.56 Å². The summed E-state index contributed by atoms with van der Waals surface area (Å²) in [7, 11) is 1.95. The van der Waals surface area contributed by atoms with Crippen molar-refractivity contribution in [3.8, 4) is 0 Å². The van der Waals surface area contributed by atoms with Crippen LogP contribution < -0.4 is 10.6 Å². The number of aromatic nitrogens is 1. The van der Waals surface area contributed by atoms with Crippen LogP contribution in [0.3, 0.4) is 0 Å². The molecule has 4 nitrogen and oxygen atoms in total. The van der Waals surface area contributed by atoms with Gasteiger partial charge in [0.15, 0.2) is 0 Å². The molecule has 5 heteroatoms. The third kappa shape index (κ3) is 3.71. The number of anilines is 1. The number of rotatable bonds is 5. The molecule has 1 aromatic carbocycles. The van der Waals surface area contributed by atoms with Gasteiger partial charge in [-0.1, -0.05) is 41.9 Å². The molecule has 0 aliphatic carbocycles. The molecule has 1 aromatic heterocycles. The molecule has 0 atom stereocenters. The molecule has 1 amide bonds. The van der Waals surface area contributed by atoms with Crippen molar-refractivity contribution in [2.45, 2.75) is 13.0 Å². The number of primary amides is 1. The molecular formula is C15H16ClN3O. The lowest BCUT2D eigenvalue weighted by molar-refractivity contribution is -0.117. The molecule has 0 fully saturated rings. The third-order valence-electron chi connectivity index (χ3n) is 2.97. The first kappa shape index (κ1) is 14.3. The van der Waals surface area contributed by atoms with Crippen molar-refractivity contribution in [2.75, 3.05) is 11.9 Å². The maximum atomic E-state index is 11.1. The minimum atomic E-state index is -0.386. The molecule has 0 aliphatic rings. The van der Waals surface area contributed by atoms with Gasteiger partial charge in [0.25, 0.3) is 0 Å².